The summed E-state index contributed by atoms with van der Waals surface area (Å²) in [4.78, 5) is 0. The predicted octanol–water partition coefficient (Wildman–Crippen LogP) is 25.9. The Morgan fingerprint density at radius 1 is 0.160 bits per heavy atom. The average Bonchev–Trinajstić information content (AvgIpc) is 1.60. The average molecular weight is 1190 g/mol. The van der Waals surface area contributed by atoms with Crippen molar-refractivity contribution in [2.75, 3.05) is 0 Å². The Hall–Kier alpha value is -11.4. The van der Waals surface area contributed by atoms with Crippen molar-refractivity contribution >= 4 is 43.1 Å². The van der Waals surface area contributed by atoms with Gasteiger partial charge in [0.05, 0.1) is 0 Å². The van der Waals surface area contributed by atoms with Gasteiger partial charge >= 0.3 is 0 Å². The standard InChI is InChI=1S/2C47H32/c1-47(2)44-16-6-5-13-39(44)40-22-21-33(28-45(40)47)32-20-18-29-17-19-31(26-35(29)27-32)30-9-7-10-34(25-30)36-23-24-43-38-12-4-3-11-37(38)42-15-8-14-41(36)46(42)43;1-47(2)44-20-8-7-17-39(44)40-22-21-31(28-45(40)47)33-24-23-32(35-13-3-4-14-36(33)35)29-11-9-12-30(27-29)34-25-26-43-38-16-6-5-15-37(38)42-19-10-18-41(34)46(42)43/h2*3-28H,1-2H3. The highest BCUT2D eigenvalue weighted by Crippen LogP contribution is 2.54. The zero-order valence-corrected chi connectivity index (χ0v) is 53.0. The van der Waals surface area contributed by atoms with Gasteiger partial charge in [-0.1, -0.05) is 307 Å². The molecule has 0 saturated carbocycles. The third-order valence-electron chi connectivity index (χ3n) is 21.7. The molecule has 16 aromatic carbocycles. The van der Waals surface area contributed by atoms with E-state index in [1.807, 2.05) is 0 Å². The van der Waals surface area contributed by atoms with E-state index in [9.17, 15) is 0 Å². The Morgan fingerprint density at radius 2 is 0.436 bits per heavy atom. The highest BCUT2D eigenvalue weighted by atomic mass is 14.4. The summed E-state index contributed by atoms with van der Waals surface area (Å²) in [5.41, 5.74) is 36.9. The van der Waals surface area contributed by atoms with Gasteiger partial charge < -0.3 is 0 Å². The van der Waals surface area contributed by atoms with Crippen molar-refractivity contribution in [1.29, 1.82) is 0 Å². The second-order valence-corrected chi connectivity index (χ2v) is 27.4. The number of hydrogen-bond acceptors (Lipinski definition) is 0. The van der Waals surface area contributed by atoms with E-state index in [2.05, 4.69) is 343 Å². The van der Waals surface area contributed by atoms with Gasteiger partial charge in [0, 0.05) is 10.8 Å². The maximum atomic E-state index is 2.44. The minimum absolute atomic E-state index is 0.00802. The molecule has 0 aliphatic heterocycles. The van der Waals surface area contributed by atoms with E-state index in [0.29, 0.717) is 0 Å². The largest absolute Gasteiger partial charge is 0.0619 e. The second-order valence-electron chi connectivity index (χ2n) is 27.4. The molecule has 0 amide bonds. The van der Waals surface area contributed by atoms with E-state index in [0.717, 1.165) is 0 Å². The monoisotopic (exact) mass is 1190 g/mol. The Bertz CT molecular complexity index is 5860. The molecule has 0 fully saturated rings. The van der Waals surface area contributed by atoms with Crippen LogP contribution in [0.4, 0.5) is 0 Å². The molecular weight excluding hydrogens is 1130 g/mol. The molecule has 0 heterocycles. The summed E-state index contributed by atoms with van der Waals surface area (Å²) >= 11 is 0. The van der Waals surface area contributed by atoms with Crippen molar-refractivity contribution in [2.45, 2.75) is 38.5 Å². The molecule has 440 valence electrons. The lowest BCUT2D eigenvalue weighted by Gasteiger charge is -2.22. The van der Waals surface area contributed by atoms with Crippen LogP contribution in [-0.2, 0) is 10.8 Å². The summed E-state index contributed by atoms with van der Waals surface area (Å²) in [6.45, 7) is 9.42. The Kier molecular flexibility index (Phi) is 11.9. The molecule has 16 aromatic rings. The van der Waals surface area contributed by atoms with E-state index in [-0.39, 0.29) is 10.8 Å². The SMILES string of the molecule is CC1(C)c2ccccc2-c2ccc(-c3ccc(-c4cccc(-c5ccc6c7c(cccc57)-c5ccccc5-6)c4)c4ccccc34)cc21.CC1(C)c2ccccc2-c2ccc(-c3ccc4ccc(-c5cccc(-c6ccc7c8c(cccc68)-c6ccccc6-7)c5)cc4c3)cc21. The van der Waals surface area contributed by atoms with Crippen LogP contribution in [0.1, 0.15) is 49.9 Å². The lowest BCUT2D eigenvalue weighted by atomic mass is 9.81. The first-order valence-corrected chi connectivity index (χ1v) is 33.2. The third kappa shape index (κ3) is 8.12. The lowest BCUT2D eigenvalue weighted by molar-refractivity contribution is 0.660. The quantitative estimate of drug-likeness (QED) is 0.156. The number of benzene rings is 16. The molecule has 4 aliphatic carbocycles. The summed E-state index contributed by atoms with van der Waals surface area (Å²) < 4.78 is 0. The van der Waals surface area contributed by atoms with Crippen LogP contribution in [-0.4, -0.2) is 0 Å². The molecule has 0 bridgehead atoms. The van der Waals surface area contributed by atoms with Crippen LogP contribution >= 0.6 is 0 Å². The van der Waals surface area contributed by atoms with Crippen molar-refractivity contribution < 1.29 is 0 Å². The molecule has 0 spiro atoms. The minimum Gasteiger partial charge on any atom is -0.0619 e. The van der Waals surface area contributed by atoms with Crippen LogP contribution in [0.5, 0.6) is 0 Å². The van der Waals surface area contributed by atoms with Gasteiger partial charge in [-0.3, -0.25) is 0 Å². The number of rotatable bonds is 6. The molecule has 0 atom stereocenters. The summed E-state index contributed by atoms with van der Waals surface area (Å²) in [7, 11) is 0. The van der Waals surface area contributed by atoms with Crippen LogP contribution in [0.3, 0.4) is 0 Å². The zero-order chi connectivity index (χ0) is 62.6. The van der Waals surface area contributed by atoms with Crippen LogP contribution in [0.2, 0.25) is 0 Å². The molecule has 0 radical (unpaired) electrons. The first-order valence-electron chi connectivity index (χ1n) is 33.2. The van der Waals surface area contributed by atoms with Gasteiger partial charge in [-0.15, -0.1) is 0 Å². The fraction of sp³-hybridized carbons (Fsp3) is 0.0638. The summed E-state index contributed by atoms with van der Waals surface area (Å²) in [5.74, 6) is 0. The maximum Gasteiger partial charge on any atom is 0.0159 e. The van der Waals surface area contributed by atoms with Crippen molar-refractivity contribution in [3.8, 4) is 134 Å². The van der Waals surface area contributed by atoms with E-state index in [1.165, 1.54) is 199 Å². The Morgan fingerprint density at radius 3 is 0.915 bits per heavy atom. The minimum atomic E-state index is -0.0243. The first-order chi connectivity index (χ1) is 46.1. The van der Waals surface area contributed by atoms with Crippen LogP contribution in [0.25, 0.3) is 177 Å². The molecule has 20 rings (SSSR count). The predicted molar refractivity (Wildman–Crippen MR) is 400 cm³/mol. The summed E-state index contributed by atoms with van der Waals surface area (Å²) in [6.07, 6.45) is 0. The van der Waals surface area contributed by atoms with Crippen LogP contribution in [0.15, 0.2) is 315 Å². The normalized spacial score (nSPS) is 13.5. The highest BCUT2D eigenvalue weighted by molar-refractivity contribution is 6.20. The number of hydrogen-bond donors (Lipinski definition) is 0. The third-order valence-corrected chi connectivity index (χ3v) is 21.7. The molecule has 94 heavy (non-hydrogen) atoms. The lowest BCUT2D eigenvalue weighted by Crippen LogP contribution is -2.14. The zero-order valence-electron chi connectivity index (χ0n) is 53.0. The summed E-state index contributed by atoms with van der Waals surface area (Å²) in [5, 5.41) is 10.5. The van der Waals surface area contributed by atoms with E-state index < -0.39 is 0 Å². The van der Waals surface area contributed by atoms with Gasteiger partial charge in [-0.05, 0) is 235 Å². The first kappa shape index (κ1) is 54.3. The summed E-state index contributed by atoms with van der Waals surface area (Å²) in [6, 6.07) is 118. The van der Waals surface area contributed by atoms with Crippen molar-refractivity contribution in [3.63, 3.8) is 0 Å². The topological polar surface area (TPSA) is 0 Å². The molecular formula is C94H64. The molecule has 0 N–H and O–H groups in total. The number of fused-ring (bicyclic) bond motifs is 14. The Labute approximate surface area is 549 Å². The van der Waals surface area contributed by atoms with Crippen LogP contribution < -0.4 is 0 Å². The van der Waals surface area contributed by atoms with E-state index >= 15 is 0 Å². The van der Waals surface area contributed by atoms with Crippen LogP contribution in [0, 0.1) is 0 Å². The van der Waals surface area contributed by atoms with Gasteiger partial charge in [0.25, 0.3) is 0 Å². The molecule has 0 heteroatoms. The van der Waals surface area contributed by atoms with Gasteiger partial charge in [0.1, 0.15) is 0 Å². The highest BCUT2D eigenvalue weighted by Gasteiger charge is 2.37. The van der Waals surface area contributed by atoms with E-state index in [4.69, 9.17) is 0 Å². The fourth-order valence-corrected chi connectivity index (χ4v) is 17.0. The van der Waals surface area contributed by atoms with Gasteiger partial charge in [-0.25, -0.2) is 0 Å². The Balaban J connectivity index is 0.000000133. The molecule has 0 nitrogen and oxygen atoms in total. The van der Waals surface area contributed by atoms with E-state index in [1.54, 1.807) is 0 Å². The van der Waals surface area contributed by atoms with Gasteiger partial charge in [-0.2, -0.15) is 0 Å². The van der Waals surface area contributed by atoms with Gasteiger partial charge in [0.15, 0.2) is 0 Å². The molecule has 0 unspecified atom stereocenters. The second kappa shape index (κ2) is 20.5. The maximum absolute atomic E-state index is 2.44. The molecule has 0 aromatic heterocycles. The smallest absolute Gasteiger partial charge is 0.0159 e. The molecule has 4 aliphatic rings. The van der Waals surface area contributed by atoms with Crippen molar-refractivity contribution in [2.24, 2.45) is 0 Å². The van der Waals surface area contributed by atoms with Crippen molar-refractivity contribution in [1.82, 2.24) is 0 Å². The van der Waals surface area contributed by atoms with Crippen molar-refractivity contribution in [3.05, 3.63) is 338 Å². The van der Waals surface area contributed by atoms with Gasteiger partial charge in [0.2, 0.25) is 0 Å². The molecule has 0 saturated heterocycles. The fourth-order valence-electron chi connectivity index (χ4n) is 17.0.